The first-order valence-corrected chi connectivity index (χ1v) is 6.92. The Balaban J connectivity index is 2.02. The average molecular weight is 321 g/mol. The minimum absolute atomic E-state index is 0.124. The van der Waals surface area contributed by atoms with Crippen LogP contribution in [-0.2, 0) is 4.79 Å². The molecule has 0 radical (unpaired) electrons. The highest BCUT2D eigenvalue weighted by molar-refractivity contribution is 7.80. The monoisotopic (exact) mass is 320 g/mol. The van der Waals surface area contributed by atoms with Crippen molar-refractivity contribution in [2.24, 2.45) is 5.73 Å². The summed E-state index contributed by atoms with van der Waals surface area (Å²) in [6.07, 6.45) is 0. The lowest BCUT2D eigenvalue weighted by atomic mass is 10.2. The van der Waals surface area contributed by atoms with Gasteiger partial charge in [0.2, 0.25) is 0 Å². The number of anilines is 1. The van der Waals surface area contributed by atoms with Crippen molar-refractivity contribution in [1.29, 1.82) is 0 Å². The van der Waals surface area contributed by atoms with Gasteiger partial charge in [0.05, 0.1) is 10.6 Å². The van der Waals surface area contributed by atoms with Crippen LogP contribution >= 0.6 is 23.8 Å². The van der Waals surface area contributed by atoms with E-state index in [1.165, 1.54) is 0 Å². The third-order valence-corrected chi connectivity index (χ3v) is 3.16. The molecule has 0 heterocycles. The van der Waals surface area contributed by atoms with Gasteiger partial charge in [-0.2, -0.15) is 0 Å². The fourth-order valence-corrected chi connectivity index (χ4v) is 2.26. The molecule has 2 rings (SSSR count). The first-order chi connectivity index (χ1) is 10.1. The Labute approximate surface area is 132 Å². The second-order valence-corrected chi connectivity index (χ2v) is 5.03. The van der Waals surface area contributed by atoms with Crippen molar-refractivity contribution in [1.82, 2.24) is 0 Å². The van der Waals surface area contributed by atoms with Crippen molar-refractivity contribution in [3.63, 3.8) is 0 Å². The molecule has 0 bridgehead atoms. The van der Waals surface area contributed by atoms with Gasteiger partial charge in [-0.3, -0.25) is 4.79 Å². The summed E-state index contributed by atoms with van der Waals surface area (Å²) in [7, 11) is 0. The first-order valence-electron chi connectivity index (χ1n) is 6.14. The molecule has 0 aliphatic carbocycles. The fraction of sp³-hybridized carbons (Fsp3) is 0.0667. The maximum absolute atomic E-state index is 11.8. The van der Waals surface area contributed by atoms with Crippen molar-refractivity contribution >= 4 is 40.4 Å². The lowest BCUT2D eigenvalue weighted by Crippen LogP contribution is -2.21. The standard InChI is InChI=1S/C15H13ClN2O2S/c16-11-7-4-8-12(14(11)15(17)21)20-9-13(19)18-10-5-2-1-3-6-10/h1-8H,9H2,(H2,17,21)(H,18,19). The van der Waals surface area contributed by atoms with E-state index >= 15 is 0 Å². The predicted molar refractivity (Wildman–Crippen MR) is 87.9 cm³/mol. The Hall–Kier alpha value is -2.11. The lowest BCUT2D eigenvalue weighted by Gasteiger charge is -2.12. The van der Waals surface area contributed by atoms with E-state index in [2.05, 4.69) is 5.32 Å². The van der Waals surface area contributed by atoms with E-state index in [0.717, 1.165) is 0 Å². The highest BCUT2D eigenvalue weighted by Gasteiger charge is 2.12. The molecule has 0 saturated heterocycles. The maximum Gasteiger partial charge on any atom is 0.262 e. The maximum atomic E-state index is 11.8. The van der Waals surface area contributed by atoms with E-state index < -0.39 is 0 Å². The zero-order chi connectivity index (χ0) is 15.2. The number of amides is 1. The van der Waals surface area contributed by atoms with Crippen molar-refractivity contribution in [3.8, 4) is 5.75 Å². The van der Waals surface area contributed by atoms with Crippen molar-refractivity contribution in [2.75, 3.05) is 11.9 Å². The number of carbonyl (C=O) groups is 1. The fourth-order valence-electron chi connectivity index (χ4n) is 1.73. The van der Waals surface area contributed by atoms with Crippen LogP contribution in [0.25, 0.3) is 0 Å². The third kappa shape index (κ3) is 4.18. The van der Waals surface area contributed by atoms with E-state index in [9.17, 15) is 4.79 Å². The van der Waals surface area contributed by atoms with E-state index in [0.29, 0.717) is 22.0 Å². The van der Waals surface area contributed by atoms with Crippen LogP contribution in [0.4, 0.5) is 5.69 Å². The first kappa shape index (κ1) is 15.3. The number of rotatable bonds is 5. The van der Waals surface area contributed by atoms with Gasteiger partial charge in [0.25, 0.3) is 5.91 Å². The number of hydrogen-bond donors (Lipinski definition) is 2. The van der Waals surface area contributed by atoms with E-state index in [4.69, 9.17) is 34.3 Å². The molecule has 0 unspecified atom stereocenters. The molecule has 4 nitrogen and oxygen atoms in total. The van der Waals surface area contributed by atoms with E-state index in [1.807, 2.05) is 18.2 Å². The summed E-state index contributed by atoms with van der Waals surface area (Å²) in [5.41, 5.74) is 6.74. The zero-order valence-electron chi connectivity index (χ0n) is 11.0. The van der Waals surface area contributed by atoms with Gasteiger partial charge in [-0.15, -0.1) is 0 Å². The number of halogens is 1. The average Bonchev–Trinajstić information content (AvgIpc) is 2.45. The van der Waals surface area contributed by atoms with Crippen molar-refractivity contribution < 1.29 is 9.53 Å². The van der Waals surface area contributed by atoms with Crippen LogP contribution in [0.1, 0.15) is 5.56 Å². The summed E-state index contributed by atoms with van der Waals surface area (Å²) in [6, 6.07) is 14.1. The molecule has 2 aromatic carbocycles. The molecule has 0 spiro atoms. The largest absolute Gasteiger partial charge is 0.483 e. The Morgan fingerprint density at radius 2 is 1.90 bits per heavy atom. The lowest BCUT2D eigenvalue weighted by molar-refractivity contribution is -0.118. The summed E-state index contributed by atoms with van der Waals surface area (Å²) in [5.74, 6) is 0.105. The number of nitrogens with two attached hydrogens (primary N) is 1. The van der Waals surface area contributed by atoms with Crippen molar-refractivity contribution in [3.05, 3.63) is 59.1 Å². The number of para-hydroxylation sites is 1. The summed E-state index contributed by atoms with van der Waals surface area (Å²) >= 11 is 11.0. The molecule has 3 N–H and O–H groups in total. The van der Waals surface area contributed by atoms with Crippen molar-refractivity contribution in [2.45, 2.75) is 0 Å². The molecule has 0 aromatic heterocycles. The minimum Gasteiger partial charge on any atom is -0.483 e. The normalized spacial score (nSPS) is 9.95. The van der Waals surface area contributed by atoms with E-state index in [-0.39, 0.29) is 17.5 Å². The van der Waals surface area contributed by atoms with Crippen LogP contribution in [0.15, 0.2) is 48.5 Å². The summed E-state index contributed by atoms with van der Waals surface area (Å²) in [5, 5.41) is 3.11. The molecule has 0 aliphatic heterocycles. The molecule has 108 valence electrons. The van der Waals surface area contributed by atoms with Crippen LogP contribution in [-0.4, -0.2) is 17.5 Å². The summed E-state index contributed by atoms with van der Waals surface area (Å²) < 4.78 is 5.45. The smallest absolute Gasteiger partial charge is 0.262 e. The Morgan fingerprint density at radius 1 is 1.19 bits per heavy atom. The number of benzene rings is 2. The van der Waals surface area contributed by atoms with Gasteiger partial charge < -0.3 is 15.8 Å². The van der Waals surface area contributed by atoms with Gasteiger partial charge in [-0.05, 0) is 24.3 Å². The Bertz CT molecular complexity index is 662. The van der Waals surface area contributed by atoms with Gasteiger partial charge in [0.15, 0.2) is 6.61 Å². The summed E-state index contributed by atoms with van der Waals surface area (Å²) in [6.45, 7) is -0.162. The molecular weight excluding hydrogens is 308 g/mol. The third-order valence-electron chi connectivity index (χ3n) is 2.64. The molecule has 0 aliphatic rings. The molecule has 21 heavy (non-hydrogen) atoms. The summed E-state index contributed by atoms with van der Waals surface area (Å²) in [4.78, 5) is 11.9. The number of ether oxygens (including phenoxy) is 1. The van der Waals surface area contributed by atoms with E-state index in [1.54, 1.807) is 30.3 Å². The Kier molecular flexibility index (Phi) is 5.14. The van der Waals surface area contributed by atoms with Gasteiger partial charge in [0.1, 0.15) is 10.7 Å². The number of carbonyl (C=O) groups excluding carboxylic acids is 1. The zero-order valence-corrected chi connectivity index (χ0v) is 12.6. The number of nitrogens with one attached hydrogen (secondary N) is 1. The topological polar surface area (TPSA) is 64.3 Å². The quantitative estimate of drug-likeness (QED) is 0.831. The van der Waals surface area contributed by atoms with Gasteiger partial charge >= 0.3 is 0 Å². The second kappa shape index (κ2) is 7.06. The molecule has 2 aromatic rings. The van der Waals surface area contributed by atoms with Crippen LogP contribution in [0.5, 0.6) is 5.75 Å². The molecule has 1 amide bonds. The number of hydrogen-bond acceptors (Lipinski definition) is 3. The SMILES string of the molecule is NC(=S)c1c(Cl)cccc1OCC(=O)Nc1ccccc1. The van der Waals surface area contributed by atoms with Crippen LogP contribution in [0.3, 0.4) is 0 Å². The Morgan fingerprint density at radius 3 is 2.57 bits per heavy atom. The van der Waals surface area contributed by atoms with Gasteiger partial charge in [-0.25, -0.2) is 0 Å². The number of thiocarbonyl (C=S) groups is 1. The highest BCUT2D eigenvalue weighted by atomic mass is 35.5. The van der Waals surface area contributed by atoms with Gasteiger partial charge in [0, 0.05) is 5.69 Å². The van der Waals surface area contributed by atoms with Gasteiger partial charge in [-0.1, -0.05) is 48.1 Å². The minimum atomic E-state index is -0.282. The highest BCUT2D eigenvalue weighted by Crippen LogP contribution is 2.26. The molecular formula is C15H13ClN2O2S. The molecule has 0 saturated carbocycles. The van der Waals surface area contributed by atoms with Crippen LogP contribution in [0, 0.1) is 0 Å². The molecule has 0 fully saturated rings. The molecule has 6 heteroatoms. The predicted octanol–water partition coefficient (Wildman–Crippen LogP) is 2.99. The second-order valence-electron chi connectivity index (χ2n) is 4.18. The van der Waals surface area contributed by atoms with Crippen LogP contribution in [0.2, 0.25) is 5.02 Å². The van der Waals surface area contributed by atoms with Crippen LogP contribution < -0.4 is 15.8 Å². The molecule has 0 atom stereocenters.